The number of nitrogen functional groups attached to an aromatic ring is 1. The fourth-order valence-corrected chi connectivity index (χ4v) is 1.80. The Morgan fingerprint density at radius 3 is 2.67 bits per heavy atom. The number of aryl methyl sites for hydroxylation is 1. The van der Waals surface area contributed by atoms with E-state index in [4.69, 9.17) is 5.73 Å². The molecule has 0 atom stereocenters. The van der Waals surface area contributed by atoms with Gasteiger partial charge in [0, 0.05) is 12.4 Å². The van der Waals surface area contributed by atoms with Crippen LogP contribution in [0.3, 0.4) is 0 Å². The molecule has 0 bridgehead atoms. The van der Waals surface area contributed by atoms with Crippen molar-refractivity contribution in [1.82, 2.24) is 4.57 Å². The number of hydrogen-bond donors (Lipinski definition) is 1. The predicted molar refractivity (Wildman–Crippen MR) is 55.0 cm³/mol. The van der Waals surface area contributed by atoms with Gasteiger partial charge in [0.15, 0.2) is 0 Å². The van der Waals surface area contributed by atoms with E-state index in [1.165, 1.54) is 0 Å². The topological polar surface area (TPSA) is 30.9 Å². The van der Waals surface area contributed by atoms with Gasteiger partial charge in [-0.05, 0) is 22.0 Å². The lowest BCUT2D eigenvalue weighted by Crippen LogP contribution is -1.87. The Bertz CT molecular complexity index is 392. The van der Waals surface area contributed by atoms with Crippen molar-refractivity contribution in [2.45, 2.75) is 0 Å². The number of nitrogens with two attached hydrogens (primary N) is 1. The molecule has 0 aliphatic heterocycles. The van der Waals surface area contributed by atoms with Gasteiger partial charge >= 0.3 is 0 Å². The van der Waals surface area contributed by atoms with E-state index in [0.717, 1.165) is 21.2 Å². The zero-order valence-corrected chi connectivity index (χ0v) is 8.30. The van der Waals surface area contributed by atoms with Gasteiger partial charge in [0.05, 0.1) is 11.2 Å². The molecule has 2 N–H and O–H groups in total. The van der Waals surface area contributed by atoms with Crippen molar-refractivity contribution in [3.63, 3.8) is 0 Å². The average Bonchev–Trinajstić information content (AvgIpc) is 2.33. The minimum atomic E-state index is 0.813. The van der Waals surface area contributed by atoms with Crippen LogP contribution in [0.5, 0.6) is 0 Å². The van der Waals surface area contributed by atoms with Crippen molar-refractivity contribution in [2.75, 3.05) is 5.73 Å². The Balaban J connectivity index is 2.99. The van der Waals surface area contributed by atoms with E-state index in [1.54, 1.807) is 0 Å². The zero-order chi connectivity index (χ0) is 8.72. The summed E-state index contributed by atoms with van der Waals surface area (Å²) < 4.78 is 2.98. The summed E-state index contributed by atoms with van der Waals surface area (Å²) in [6.45, 7) is 0. The number of fused-ring (bicyclic) bond motifs is 1. The molecule has 0 aliphatic carbocycles. The van der Waals surface area contributed by atoms with Crippen molar-refractivity contribution in [3.05, 3.63) is 28.9 Å². The van der Waals surface area contributed by atoms with E-state index in [2.05, 4.69) is 22.0 Å². The minimum absolute atomic E-state index is 0.813. The molecule has 0 unspecified atom stereocenters. The van der Waals surface area contributed by atoms with Crippen molar-refractivity contribution in [1.29, 1.82) is 0 Å². The number of rotatable bonds is 0. The number of hydrogen-bond acceptors (Lipinski definition) is 1. The van der Waals surface area contributed by atoms with E-state index < -0.39 is 0 Å². The van der Waals surface area contributed by atoms with Crippen LogP contribution in [0.2, 0.25) is 0 Å². The standard InChI is InChI=1S/C9H9BrN2/c1-12-7-5-3-2-4-6(7)8(11)9(12)10/h2-5H,11H2,1H3. The number of halogens is 1. The van der Waals surface area contributed by atoms with Crippen LogP contribution in [-0.4, -0.2) is 4.57 Å². The summed E-state index contributed by atoms with van der Waals surface area (Å²) in [6, 6.07) is 8.07. The lowest BCUT2D eigenvalue weighted by atomic mass is 10.2. The Morgan fingerprint density at radius 2 is 2.00 bits per heavy atom. The molecule has 3 heteroatoms. The first kappa shape index (κ1) is 7.68. The monoisotopic (exact) mass is 224 g/mol. The van der Waals surface area contributed by atoms with Crippen LogP contribution in [0.4, 0.5) is 5.69 Å². The van der Waals surface area contributed by atoms with Crippen molar-refractivity contribution < 1.29 is 0 Å². The van der Waals surface area contributed by atoms with Crippen LogP contribution in [0.1, 0.15) is 0 Å². The van der Waals surface area contributed by atoms with Gasteiger partial charge in [-0.3, -0.25) is 0 Å². The molecular formula is C9H9BrN2. The van der Waals surface area contributed by atoms with E-state index in [9.17, 15) is 0 Å². The molecule has 0 radical (unpaired) electrons. The van der Waals surface area contributed by atoms with Gasteiger partial charge in [-0.15, -0.1) is 0 Å². The third-order valence-corrected chi connectivity index (χ3v) is 3.03. The lowest BCUT2D eigenvalue weighted by molar-refractivity contribution is 0.943. The molecule has 1 heterocycles. The molecule has 12 heavy (non-hydrogen) atoms. The van der Waals surface area contributed by atoms with Gasteiger partial charge in [-0.2, -0.15) is 0 Å². The first-order valence-electron chi connectivity index (χ1n) is 3.70. The number of anilines is 1. The number of aromatic nitrogens is 1. The Kier molecular flexibility index (Phi) is 1.61. The minimum Gasteiger partial charge on any atom is -0.396 e. The fraction of sp³-hybridized carbons (Fsp3) is 0.111. The highest BCUT2D eigenvalue weighted by Crippen LogP contribution is 2.30. The maximum absolute atomic E-state index is 5.87. The average molecular weight is 225 g/mol. The summed E-state index contributed by atoms with van der Waals surface area (Å²) in [5, 5.41) is 1.10. The Labute approximate surface area is 79.1 Å². The third kappa shape index (κ3) is 0.862. The third-order valence-electron chi connectivity index (χ3n) is 2.07. The van der Waals surface area contributed by atoms with Crippen LogP contribution in [0.15, 0.2) is 28.9 Å². The maximum atomic E-state index is 5.87. The molecule has 0 saturated carbocycles. The molecule has 1 aromatic heterocycles. The molecule has 2 aromatic rings. The van der Waals surface area contributed by atoms with Gasteiger partial charge < -0.3 is 10.3 Å². The van der Waals surface area contributed by atoms with Gasteiger partial charge in [0.25, 0.3) is 0 Å². The Morgan fingerprint density at radius 1 is 1.33 bits per heavy atom. The van der Waals surface area contributed by atoms with Crippen molar-refractivity contribution >= 4 is 32.5 Å². The number of para-hydroxylation sites is 1. The van der Waals surface area contributed by atoms with E-state index in [-0.39, 0.29) is 0 Å². The highest BCUT2D eigenvalue weighted by molar-refractivity contribution is 9.10. The highest BCUT2D eigenvalue weighted by atomic mass is 79.9. The number of nitrogens with zero attached hydrogens (tertiary/aromatic N) is 1. The highest BCUT2D eigenvalue weighted by Gasteiger charge is 2.07. The molecule has 2 nitrogen and oxygen atoms in total. The SMILES string of the molecule is Cn1c(Br)c(N)c2ccccc21. The second-order valence-corrected chi connectivity index (χ2v) is 3.53. The molecule has 0 saturated heterocycles. The Hall–Kier alpha value is -0.960. The van der Waals surface area contributed by atoms with Gasteiger partial charge in [0.2, 0.25) is 0 Å². The van der Waals surface area contributed by atoms with Crippen LogP contribution < -0.4 is 5.73 Å². The normalized spacial score (nSPS) is 10.8. The number of benzene rings is 1. The predicted octanol–water partition coefficient (Wildman–Crippen LogP) is 2.52. The first-order chi connectivity index (χ1) is 5.72. The van der Waals surface area contributed by atoms with Gasteiger partial charge in [-0.1, -0.05) is 18.2 Å². The summed E-state index contributed by atoms with van der Waals surface area (Å²) in [5.41, 5.74) is 7.84. The van der Waals surface area contributed by atoms with Crippen LogP contribution in [-0.2, 0) is 7.05 Å². The van der Waals surface area contributed by atoms with Crippen molar-refractivity contribution in [2.24, 2.45) is 7.05 Å². The maximum Gasteiger partial charge on any atom is 0.109 e. The molecular weight excluding hydrogens is 216 g/mol. The lowest BCUT2D eigenvalue weighted by Gasteiger charge is -1.94. The molecule has 0 fully saturated rings. The first-order valence-corrected chi connectivity index (χ1v) is 4.49. The molecule has 1 aromatic carbocycles. The smallest absolute Gasteiger partial charge is 0.109 e. The molecule has 0 spiro atoms. The zero-order valence-electron chi connectivity index (χ0n) is 6.71. The van der Waals surface area contributed by atoms with Crippen LogP contribution in [0, 0.1) is 0 Å². The summed E-state index contributed by atoms with van der Waals surface area (Å²) in [7, 11) is 1.99. The van der Waals surface area contributed by atoms with Crippen molar-refractivity contribution in [3.8, 4) is 0 Å². The fourth-order valence-electron chi connectivity index (χ4n) is 1.39. The second kappa shape index (κ2) is 2.52. The molecule has 0 aliphatic rings. The van der Waals surface area contributed by atoms with Gasteiger partial charge in [0.1, 0.15) is 4.60 Å². The summed E-state index contributed by atoms with van der Waals surface area (Å²) >= 11 is 3.43. The largest absolute Gasteiger partial charge is 0.396 e. The molecule has 2 rings (SSSR count). The van der Waals surface area contributed by atoms with E-state index >= 15 is 0 Å². The summed E-state index contributed by atoms with van der Waals surface area (Å²) in [6.07, 6.45) is 0. The quantitative estimate of drug-likeness (QED) is 0.733. The summed E-state index contributed by atoms with van der Waals surface area (Å²) in [4.78, 5) is 0. The molecule has 0 amide bonds. The van der Waals surface area contributed by atoms with E-state index in [1.807, 2.05) is 29.8 Å². The van der Waals surface area contributed by atoms with Gasteiger partial charge in [-0.25, -0.2) is 0 Å². The van der Waals surface area contributed by atoms with E-state index in [0.29, 0.717) is 0 Å². The second-order valence-electron chi connectivity index (χ2n) is 2.78. The molecule has 62 valence electrons. The van der Waals surface area contributed by atoms with Crippen LogP contribution in [0.25, 0.3) is 10.9 Å². The summed E-state index contributed by atoms with van der Waals surface area (Å²) in [5.74, 6) is 0. The van der Waals surface area contributed by atoms with Crippen LogP contribution >= 0.6 is 15.9 Å².